The van der Waals surface area contributed by atoms with Crippen LogP contribution in [0.2, 0.25) is 0 Å². The predicted molar refractivity (Wildman–Crippen MR) is 48.3 cm³/mol. The summed E-state index contributed by atoms with van der Waals surface area (Å²) >= 11 is 0. The zero-order chi connectivity index (χ0) is 9.94. The van der Waals surface area contributed by atoms with Crippen LogP contribution in [0.4, 0.5) is 0 Å². The Morgan fingerprint density at radius 3 is 2.62 bits per heavy atom. The Bertz CT molecular complexity index is 91.6. The molecule has 13 heavy (non-hydrogen) atoms. The number of hydrogen-bond acceptors (Lipinski definition) is 3. The lowest BCUT2D eigenvalue weighted by molar-refractivity contribution is -0.0358. The van der Waals surface area contributed by atoms with Gasteiger partial charge in [-0.2, -0.15) is 0 Å². The highest BCUT2D eigenvalue weighted by atomic mass is 16.5. The summed E-state index contributed by atoms with van der Waals surface area (Å²) in [5, 5.41) is 10.3. The summed E-state index contributed by atoms with van der Waals surface area (Å²) < 4.78 is 15.4. The van der Waals surface area contributed by atoms with Crippen molar-refractivity contribution in [2.75, 3.05) is 40.1 Å². The van der Waals surface area contributed by atoms with E-state index >= 15 is 0 Å². The summed E-state index contributed by atoms with van der Waals surface area (Å²) in [6.45, 7) is 4.04. The minimum Gasteiger partial charge on any atom is -0.382 e. The summed E-state index contributed by atoms with van der Waals surface area (Å²) in [6.07, 6.45) is 0.459. The maximum atomic E-state index is 10.3. The van der Waals surface area contributed by atoms with Gasteiger partial charge in [-0.15, -0.1) is 0 Å². The van der Waals surface area contributed by atoms with Crippen molar-refractivity contribution in [1.82, 2.24) is 0 Å². The summed E-state index contributed by atoms with van der Waals surface area (Å²) in [5.74, 6) is 0. The SMILES string of the molecule is CCOC(CC[O])COCCOC. The lowest BCUT2D eigenvalue weighted by Gasteiger charge is -2.15. The van der Waals surface area contributed by atoms with E-state index in [-0.39, 0.29) is 12.7 Å². The van der Waals surface area contributed by atoms with Crippen molar-refractivity contribution in [2.45, 2.75) is 19.4 Å². The van der Waals surface area contributed by atoms with Crippen LogP contribution >= 0.6 is 0 Å². The van der Waals surface area contributed by atoms with Gasteiger partial charge in [-0.25, -0.2) is 5.11 Å². The Morgan fingerprint density at radius 1 is 1.31 bits per heavy atom. The first kappa shape index (κ1) is 12.8. The molecule has 0 amide bonds. The molecule has 0 heterocycles. The van der Waals surface area contributed by atoms with Gasteiger partial charge in [0.2, 0.25) is 0 Å². The van der Waals surface area contributed by atoms with E-state index < -0.39 is 0 Å². The van der Waals surface area contributed by atoms with Gasteiger partial charge in [0, 0.05) is 20.1 Å². The molecular weight excluding hydrogens is 172 g/mol. The van der Waals surface area contributed by atoms with Crippen molar-refractivity contribution in [3.63, 3.8) is 0 Å². The van der Waals surface area contributed by atoms with Crippen molar-refractivity contribution in [3.05, 3.63) is 0 Å². The maximum Gasteiger partial charge on any atom is 0.0847 e. The Kier molecular flexibility index (Phi) is 9.80. The van der Waals surface area contributed by atoms with E-state index in [4.69, 9.17) is 14.2 Å². The van der Waals surface area contributed by atoms with Gasteiger partial charge in [-0.1, -0.05) is 0 Å². The van der Waals surface area contributed by atoms with Crippen molar-refractivity contribution in [1.29, 1.82) is 0 Å². The molecule has 0 spiro atoms. The molecule has 0 aliphatic rings. The van der Waals surface area contributed by atoms with Crippen molar-refractivity contribution < 1.29 is 19.3 Å². The van der Waals surface area contributed by atoms with E-state index in [2.05, 4.69) is 0 Å². The fourth-order valence-corrected chi connectivity index (χ4v) is 0.939. The second-order valence-electron chi connectivity index (χ2n) is 2.64. The first-order valence-corrected chi connectivity index (χ1v) is 4.61. The molecule has 79 valence electrons. The van der Waals surface area contributed by atoms with Gasteiger partial charge in [-0.05, 0) is 6.92 Å². The highest BCUT2D eigenvalue weighted by Gasteiger charge is 2.07. The number of hydrogen-bond donors (Lipinski definition) is 0. The smallest absolute Gasteiger partial charge is 0.0847 e. The van der Waals surface area contributed by atoms with E-state index in [0.29, 0.717) is 32.8 Å². The Balaban J connectivity index is 3.33. The minimum atomic E-state index is -0.113. The van der Waals surface area contributed by atoms with E-state index in [1.807, 2.05) is 6.92 Å². The molecule has 0 rings (SSSR count). The zero-order valence-electron chi connectivity index (χ0n) is 8.45. The fraction of sp³-hybridized carbons (Fsp3) is 1.00. The second kappa shape index (κ2) is 9.92. The highest BCUT2D eigenvalue weighted by molar-refractivity contribution is 4.55. The van der Waals surface area contributed by atoms with Crippen LogP contribution in [0.5, 0.6) is 0 Å². The molecule has 0 aromatic carbocycles. The third-order valence-electron chi connectivity index (χ3n) is 1.58. The molecule has 0 saturated carbocycles. The van der Waals surface area contributed by atoms with E-state index in [9.17, 15) is 5.11 Å². The Hall–Kier alpha value is -0.160. The molecule has 0 bridgehead atoms. The van der Waals surface area contributed by atoms with Gasteiger partial charge in [-0.3, -0.25) is 0 Å². The van der Waals surface area contributed by atoms with Gasteiger partial charge in [0.15, 0.2) is 0 Å². The average Bonchev–Trinajstić information content (AvgIpc) is 2.13. The number of rotatable bonds is 9. The molecule has 0 aromatic rings. The molecule has 4 nitrogen and oxygen atoms in total. The molecule has 1 atom stereocenters. The Morgan fingerprint density at radius 2 is 2.08 bits per heavy atom. The first-order valence-electron chi connectivity index (χ1n) is 4.61. The van der Waals surface area contributed by atoms with E-state index in [0.717, 1.165) is 0 Å². The largest absolute Gasteiger partial charge is 0.382 e. The van der Waals surface area contributed by atoms with Gasteiger partial charge in [0.25, 0.3) is 0 Å². The highest BCUT2D eigenvalue weighted by Crippen LogP contribution is 1.98. The molecule has 0 saturated heterocycles. The first-order chi connectivity index (χ1) is 6.35. The van der Waals surface area contributed by atoms with Crippen LogP contribution in [-0.2, 0) is 19.3 Å². The molecule has 0 aliphatic heterocycles. The van der Waals surface area contributed by atoms with Crippen LogP contribution in [0.25, 0.3) is 0 Å². The maximum absolute atomic E-state index is 10.3. The molecule has 1 unspecified atom stereocenters. The predicted octanol–water partition coefficient (Wildman–Crippen LogP) is 0.875. The normalized spacial score (nSPS) is 13.2. The summed E-state index contributed by atoms with van der Waals surface area (Å²) in [6, 6.07) is 0. The van der Waals surface area contributed by atoms with Crippen molar-refractivity contribution in [3.8, 4) is 0 Å². The third kappa shape index (κ3) is 8.18. The number of ether oxygens (including phenoxy) is 3. The molecule has 0 fully saturated rings. The van der Waals surface area contributed by atoms with Gasteiger partial charge < -0.3 is 14.2 Å². The lowest BCUT2D eigenvalue weighted by atomic mass is 10.3. The fourth-order valence-electron chi connectivity index (χ4n) is 0.939. The minimum absolute atomic E-state index is 0.0562. The standard InChI is InChI=1S/C9H19O4/c1-3-13-9(4-5-10)8-12-7-6-11-2/h9H,3-8H2,1-2H3. The second-order valence-corrected chi connectivity index (χ2v) is 2.64. The Labute approximate surface area is 79.8 Å². The van der Waals surface area contributed by atoms with Crippen LogP contribution < -0.4 is 0 Å². The molecule has 4 heteroatoms. The van der Waals surface area contributed by atoms with Gasteiger partial charge in [0.05, 0.1) is 32.5 Å². The zero-order valence-corrected chi connectivity index (χ0v) is 8.45. The van der Waals surface area contributed by atoms with Crippen molar-refractivity contribution >= 4 is 0 Å². The van der Waals surface area contributed by atoms with Crippen molar-refractivity contribution in [2.24, 2.45) is 0 Å². The van der Waals surface area contributed by atoms with Crippen LogP contribution in [-0.4, -0.2) is 46.2 Å². The molecular formula is C9H19O4. The van der Waals surface area contributed by atoms with E-state index in [1.54, 1.807) is 7.11 Å². The van der Waals surface area contributed by atoms with Crippen LogP contribution in [0.3, 0.4) is 0 Å². The van der Waals surface area contributed by atoms with Crippen LogP contribution in [0.15, 0.2) is 0 Å². The molecule has 0 aromatic heterocycles. The van der Waals surface area contributed by atoms with Gasteiger partial charge >= 0.3 is 0 Å². The third-order valence-corrected chi connectivity index (χ3v) is 1.58. The summed E-state index contributed by atoms with van der Waals surface area (Å²) in [4.78, 5) is 0. The van der Waals surface area contributed by atoms with Crippen LogP contribution in [0.1, 0.15) is 13.3 Å². The molecule has 1 radical (unpaired) electrons. The average molecular weight is 191 g/mol. The quantitative estimate of drug-likeness (QED) is 0.508. The van der Waals surface area contributed by atoms with Gasteiger partial charge in [0.1, 0.15) is 0 Å². The number of methoxy groups -OCH3 is 1. The molecule has 0 aliphatic carbocycles. The lowest BCUT2D eigenvalue weighted by Crippen LogP contribution is -2.22. The van der Waals surface area contributed by atoms with Crippen LogP contribution in [0, 0.1) is 0 Å². The summed E-state index contributed by atoms with van der Waals surface area (Å²) in [5.41, 5.74) is 0. The monoisotopic (exact) mass is 191 g/mol. The topological polar surface area (TPSA) is 47.6 Å². The summed E-state index contributed by atoms with van der Waals surface area (Å²) in [7, 11) is 1.63. The molecule has 0 N–H and O–H groups in total. The van der Waals surface area contributed by atoms with E-state index in [1.165, 1.54) is 0 Å².